The van der Waals surface area contributed by atoms with Gasteiger partial charge in [-0.3, -0.25) is 0 Å². The Balaban J connectivity index is 2.18. The third-order valence-electron chi connectivity index (χ3n) is 2.95. The lowest BCUT2D eigenvalue weighted by molar-refractivity contribution is 0.110. The van der Waals surface area contributed by atoms with Gasteiger partial charge in [0, 0.05) is 19.2 Å². The molecule has 2 nitrogen and oxygen atoms in total. The number of benzene rings is 1. The highest BCUT2D eigenvalue weighted by molar-refractivity contribution is 5.15. The number of hydrogen-bond acceptors (Lipinski definition) is 2. The first-order valence-corrected chi connectivity index (χ1v) is 7.07. The molecule has 18 heavy (non-hydrogen) atoms. The van der Waals surface area contributed by atoms with E-state index in [0.717, 1.165) is 32.6 Å². The lowest BCUT2D eigenvalue weighted by atomic mass is 10.0. The molecule has 0 aromatic heterocycles. The molecule has 0 saturated carbocycles. The van der Waals surface area contributed by atoms with Crippen LogP contribution in [-0.2, 0) is 11.2 Å². The summed E-state index contributed by atoms with van der Waals surface area (Å²) >= 11 is 0. The normalized spacial score (nSPS) is 12.9. The highest BCUT2D eigenvalue weighted by atomic mass is 16.5. The van der Waals surface area contributed by atoms with Crippen molar-refractivity contribution in [2.24, 2.45) is 5.92 Å². The second-order valence-electron chi connectivity index (χ2n) is 5.22. The maximum Gasteiger partial charge on any atom is 0.0591 e. The molecule has 102 valence electrons. The van der Waals surface area contributed by atoms with Crippen molar-refractivity contribution in [3.8, 4) is 0 Å². The molecular weight excluding hydrogens is 222 g/mol. The maximum atomic E-state index is 5.58. The fourth-order valence-corrected chi connectivity index (χ4v) is 1.91. The predicted molar refractivity (Wildman–Crippen MR) is 77.9 cm³/mol. The van der Waals surface area contributed by atoms with Crippen LogP contribution in [0.5, 0.6) is 0 Å². The average molecular weight is 249 g/mol. The highest BCUT2D eigenvalue weighted by Gasteiger charge is 2.06. The third kappa shape index (κ3) is 6.77. The van der Waals surface area contributed by atoms with Crippen molar-refractivity contribution in [3.63, 3.8) is 0 Å². The Morgan fingerprint density at radius 2 is 1.89 bits per heavy atom. The van der Waals surface area contributed by atoms with Gasteiger partial charge in [-0.1, -0.05) is 51.1 Å². The molecule has 1 aromatic carbocycles. The first-order chi connectivity index (χ1) is 8.72. The van der Waals surface area contributed by atoms with Gasteiger partial charge in [0.25, 0.3) is 0 Å². The Morgan fingerprint density at radius 1 is 1.17 bits per heavy atom. The molecule has 0 aliphatic carbocycles. The molecule has 0 heterocycles. The summed E-state index contributed by atoms with van der Waals surface area (Å²) in [5, 5.41) is 3.57. The predicted octanol–water partition coefficient (Wildman–Crippen LogP) is 3.27. The van der Waals surface area contributed by atoms with E-state index in [-0.39, 0.29) is 0 Å². The monoisotopic (exact) mass is 249 g/mol. The molecule has 0 aliphatic rings. The molecule has 1 unspecified atom stereocenters. The molecule has 1 aromatic rings. The van der Waals surface area contributed by atoms with E-state index >= 15 is 0 Å². The van der Waals surface area contributed by atoms with E-state index < -0.39 is 0 Å². The van der Waals surface area contributed by atoms with E-state index in [1.165, 1.54) is 5.56 Å². The minimum absolute atomic E-state index is 0.551. The molecule has 0 radical (unpaired) electrons. The minimum atomic E-state index is 0.551. The van der Waals surface area contributed by atoms with Crippen molar-refractivity contribution in [3.05, 3.63) is 35.9 Å². The van der Waals surface area contributed by atoms with Gasteiger partial charge in [-0.15, -0.1) is 0 Å². The first-order valence-electron chi connectivity index (χ1n) is 7.07. The Labute approximate surface area is 112 Å². The molecule has 0 fully saturated rings. The van der Waals surface area contributed by atoms with E-state index in [1.54, 1.807) is 0 Å². The van der Waals surface area contributed by atoms with Crippen molar-refractivity contribution in [2.75, 3.05) is 19.8 Å². The van der Waals surface area contributed by atoms with Gasteiger partial charge in [0.1, 0.15) is 0 Å². The van der Waals surface area contributed by atoms with Gasteiger partial charge in [-0.05, 0) is 24.3 Å². The molecular formula is C16H27NO. The zero-order valence-corrected chi connectivity index (χ0v) is 12.0. The lowest BCUT2D eigenvalue weighted by Gasteiger charge is -2.17. The Kier molecular flexibility index (Phi) is 7.70. The van der Waals surface area contributed by atoms with Gasteiger partial charge < -0.3 is 10.1 Å². The van der Waals surface area contributed by atoms with Crippen LogP contribution in [0.2, 0.25) is 0 Å². The van der Waals surface area contributed by atoms with Gasteiger partial charge in [0.15, 0.2) is 0 Å². The Hall–Kier alpha value is -0.860. The number of rotatable bonds is 9. The highest BCUT2D eigenvalue weighted by Crippen LogP contribution is 2.05. The van der Waals surface area contributed by atoms with Gasteiger partial charge >= 0.3 is 0 Å². The fraction of sp³-hybridized carbons (Fsp3) is 0.625. The molecule has 0 saturated heterocycles. The minimum Gasteiger partial charge on any atom is -0.380 e. The van der Waals surface area contributed by atoms with Gasteiger partial charge in [-0.2, -0.15) is 0 Å². The zero-order valence-electron chi connectivity index (χ0n) is 12.0. The van der Waals surface area contributed by atoms with E-state index in [1.807, 2.05) is 0 Å². The van der Waals surface area contributed by atoms with Crippen molar-refractivity contribution < 1.29 is 4.74 Å². The van der Waals surface area contributed by atoms with Gasteiger partial charge in [0.2, 0.25) is 0 Å². The maximum absolute atomic E-state index is 5.58. The SMILES string of the molecule is CCC(Cc1ccccc1)NCCOCC(C)C. The van der Waals surface area contributed by atoms with Crippen LogP contribution in [0.25, 0.3) is 0 Å². The first kappa shape index (κ1) is 15.2. The largest absolute Gasteiger partial charge is 0.380 e. The fourth-order valence-electron chi connectivity index (χ4n) is 1.91. The number of hydrogen-bond donors (Lipinski definition) is 1. The standard InChI is InChI=1S/C16H27NO/c1-4-16(12-15-8-6-5-7-9-15)17-10-11-18-13-14(2)3/h5-9,14,16-17H,4,10-13H2,1-3H3. The smallest absolute Gasteiger partial charge is 0.0591 e. The average Bonchev–Trinajstić information content (AvgIpc) is 2.38. The van der Waals surface area contributed by atoms with Crippen molar-refractivity contribution in [1.29, 1.82) is 0 Å². The summed E-state index contributed by atoms with van der Waals surface area (Å²) in [5.41, 5.74) is 1.40. The van der Waals surface area contributed by atoms with Crippen molar-refractivity contribution in [2.45, 2.75) is 39.7 Å². The molecule has 0 spiro atoms. The quantitative estimate of drug-likeness (QED) is 0.678. The van der Waals surface area contributed by atoms with E-state index in [9.17, 15) is 0 Å². The number of nitrogens with one attached hydrogen (secondary N) is 1. The van der Waals surface area contributed by atoms with E-state index in [0.29, 0.717) is 12.0 Å². The van der Waals surface area contributed by atoms with Crippen molar-refractivity contribution in [1.82, 2.24) is 5.32 Å². The molecule has 2 heteroatoms. The molecule has 0 amide bonds. The topological polar surface area (TPSA) is 21.3 Å². The summed E-state index contributed by atoms with van der Waals surface area (Å²) in [4.78, 5) is 0. The molecule has 1 rings (SSSR count). The molecule has 1 atom stereocenters. The molecule has 0 aliphatic heterocycles. The van der Waals surface area contributed by atoms with Crippen LogP contribution in [0, 0.1) is 5.92 Å². The van der Waals surface area contributed by atoms with Crippen molar-refractivity contribution >= 4 is 0 Å². The summed E-state index contributed by atoms with van der Waals surface area (Å²) < 4.78 is 5.58. The van der Waals surface area contributed by atoms with Gasteiger partial charge in [0.05, 0.1) is 6.61 Å². The Morgan fingerprint density at radius 3 is 2.50 bits per heavy atom. The zero-order chi connectivity index (χ0) is 13.2. The van der Waals surface area contributed by atoms with Crippen LogP contribution in [0.15, 0.2) is 30.3 Å². The summed E-state index contributed by atoms with van der Waals surface area (Å²) in [6.45, 7) is 9.20. The molecule has 1 N–H and O–H groups in total. The van der Waals surface area contributed by atoms with Gasteiger partial charge in [-0.25, -0.2) is 0 Å². The second-order valence-corrected chi connectivity index (χ2v) is 5.22. The van der Waals surface area contributed by atoms with Crippen LogP contribution in [0.4, 0.5) is 0 Å². The molecule has 0 bridgehead atoms. The second kappa shape index (κ2) is 9.12. The van der Waals surface area contributed by atoms with E-state index in [4.69, 9.17) is 4.74 Å². The number of ether oxygens (including phenoxy) is 1. The van der Waals surface area contributed by atoms with Crippen LogP contribution in [0.1, 0.15) is 32.8 Å². The summed E-state index contributed by atoms with van der Waals surface area (Å²) in [7, 11) is 0. The van der Waals surface area contributed by atoms with Crippen LogP contribution in [-0.4, -0.2) is 25.8 Å². The van der Waals surface area contributed by atoms with Crippen LogP contribution in [0.3, 0.4) is 0 Å². The van der Waals surface area contributed by atoms with Crippen LogP contribution >= 0.6 is 0 Å². The third-order valence-corrected chi connectivity index (χ3v) is 2.95. The van der Waals surface area contributed by atoms with Crippen LogP contribution < -0.4 is 5.32 Å². The summed E-state index contributed by atoms with van der Waals surface area (Å²) in [5.74, 6) is 0.622. The lowest BCUT2D eigenvalue weighted by Crippen LogP contribution is -2.33. The Bertz CT molecular complexity index is 297. The summed E-state index contributed by atoms with van der Waals surface area (Å²) in [6, 6.07) is 11.2. The summed E-state index contributed by atoms with van der Waals surface area (Å²) in [6.07, 6.45) is 2.25. The van der Waals surface area contributed by atoms with E-state index in [2.05, 4.69) is 56.4 Å².